The highest BCUT2D eigenvalue weighted by Crippen LogP contribution is 2.34. The maximum atomic E-state index is 13.0. The van der Waals surface area contributed by atoms with Crippen molar-refractivity contribution in [1.82, 2.24) is 24.3 Å². The molecule has 0 radical (unpaired) electrons. The Morgan fingerprint density at radius 1 is 1.12 bits per heavy atom. The highest BCUT2D eigenvalue weighted by molar-refractivity contribution is 7.79. The van der Waals surface area contributed by atoms with Crippen molar-refractivity contribution in [3.8, 4) is 11.3 Å². The van der Waals surface area contributed by atoms with E-state index in [1.54, 1.807) is 29.4 Å². The van der Waals surface area contributed by atoms with Crippen LogP contribution in [0.3, 0.4) is 0 Å². The number of piperidine rings is 1. The number of nitrogens with zero attached hydrogens (tertiary/aromatic N) is 5. The fourth-order valence-electron chi connectivity index (χ4n) is 4.94. The van der Waals surface area contributed by atoms with Crippen LogP contribution in [0, 0.1) is 0 Å². The molecule has 0 saturated carbocycles. The van der Waals surface area contributed by atoms with E-state index in [-0.39, 0.29) is 34.6 Å². The number of likely N-dealkylation sites (tertiary alicyclic amines) is 1. The number of pyridine rings is 1. The molecule has 5 N–H and O–H groups in total. The van der Waals surface area contributed by atoms with Gasteiger partial charge in [0.1, 0.15) is 28.7 Å². The van der Waals surface area contributed by atoms with Crippen LogP contribution in [0.1, 0.15) is 40.5 Å². The first kappa shape index (κ1) is 28.7. The number of nitrogen functional groups attached to an aromatic ring is 1. The molecule has 14 heteroatoms. The molecule has 1 atom stereocenters. The smallest absolute Gasteiger partial charge is 0.404 e. The first-order valence-electron chi connectivity index (χ1n) is 12.8. The van der Waals surface area contributed by atoms with E-state index >= 15 is 0 Å². The minimum Gasteiger partial charge on any atom is -0.404 e. The third-order valence-electron chi connectivity index (χ3n) is 6.99. The lowest BCUT2D eigenvalue weighted by Crippen LogP contribution is -2.40. The van der Waals surface area contributed by atoms with Crippen LogP contribution in [0.15, 0.2) is 66.8 Å². The number of amides is 2. The number of thiocarbonyl (C=S) groups is 1. The molecule has 2 amide bonds. The molecule has 3 aromatic heterocycles. The summed E-state index contributed by atoms with van der Waals surface area (Å²) in [7, 11) is 0. The number of aromatic nitrogens is 4. The van der Waals surface area contributed by atoms with Crippen molar-refractivity contribution < 1.29 is 22.8 Å². The van der Waals surface area contributed by atoms with Crippen LogP contribution in [0.4, 0.5) is 24.8 Å². The number of rotatable bonds is 6. The second-order valence-corrected chi connectivity index (χ2v) is 9.87. The van der Waals surface area contributed by atoms with Crippen molar-refractivity contribution in [2.45, 2.75) is 24.9 Å². The molecule has 0 bridgehead atoms. The molecule has 0 aliphatic carbocycles. The van der Waals surface area contributed by atoms with Gasteiger partial charge in [0.25, 0.3) is 11.8 Å². The quantitative estimate of drug-likeness (QED) is 0.223. The summed E-state index contributed by atoms with van der Waals surface area (Å²) in [5.74, 6) is -0.249. The topological polar surface area (TPSA) is 145 Å². The summed E-state index contributed by atoms with van der Waals surface area (Å²) >= 11 is 4.93. The summed E-state index contributed by atoms with van der Waals surface area (Å²) < 4.78 is 40.9. The van der Waals surface area contributed by atoms with Gasteiger partial charge in [-0.15, -0.1) is 0 Å². The monoisotopic (exact) mass is 594 g/mol. The number of nitrogens with two attached hydrogens (primary N) is 2. The van der Waals surface area contributed by atoms with Crippen molar-refractivity contribution in [2.24, 2.45) is 5.73 Å². The van der Waals surface area contributed by atoms with Crippen LogP contribution >= 0.6 is 12.2 Å². The molecule has 1 aliphatic heterocycles. The lowest BCUT2D eigenvalue weighted by molar-refractivity contribution is -0.137. The number of hydrogen-bond acceptors (Lipinski definition) is 8. The third kappa shape index (κ3) is 5.65. The summed E-state index contributed by atoms with van der Waals surface area (Å²) in [5.41, 5.74) is 13.1. The van der Waals surface area contributed by atoms with Crippen molar-refractivity contribution in [2.75, 3.05) is 24.1 Å². The van der Waals surface area contributed by atoms with E-state index in [4.69, 9.17) is 28.7 Å². The molecule has 1 fully saturated rings. The highest BCUT2D eigenvalue weighted by Gasteiger charge is 2.31. The van der Waals surface area contributed by atoms with E-state index in [9.17, 15) is 22.8 Å². The van der Waals surface area contributed by atoms with Gasteiger partial charge in [-0.3, -0.25) is 14.0 Å². The van der Waals surface area contributed by atoms with Gasteiger partial charge < -0.3 is 21.7 Å². The maximum absolute atomic E-state index is 13.0. The molecule has 4 heterocycles. The fourth-order valence-corrected chi connectivity index (χ4v) is 5.11. The van der Waals surface area contributed by atoms with Crippen molar-refractivity contribution in [1.29, 1.82) is 0 Å². The van der Waals surface area contributed by atoms with Crippen molar-refractivity contribution in [3.63, 3.8) is 0 Å². The molecular formula is C28H25F3N8O2S. The number of carbonyl (C=O) groups excluding carboxylic acids is 2. The van der Waals surface area contributed by atoms with Gasteiger partial charge in [0.2, 0.25) is 0 Å². The Balaban J connectivity index is 1.42. The van der Waals surface area contributed by atoms with Crippen LogP contribution in [0.5, 0.6) is 0 Å². The number of benzene rings is 1. The van der Waals surface area contributed by atoms with Gasteiger partial charge >= 0.3 is 6.18 Å². The Bertz CT molecular complexity index is 1700. The Hall–Kier alpha value is -4.85. The predicted molar refractivity (Wildman–Crippen MR) is 155 cm³/mol. The van der Waals surface area contributed by atoms with E-state index in [0.29, 0.717) is 35.7 Å². The molecule has 216 valence electrons. The van der Waals surface area contributed by atoms with Gasteiger partial charge in [0.15, 0.2) is 0 Å². The number of hydrogen-bond donors (Lipinski definition) is 3. The Kier molecular flexibility index (Phi) is 7.89. The average molecular weight is 595 g/mol. The summed E-state index contributed by atoms with van der Waals surface area (Å²) in [6.07, 6.45) is 2.48. The molecular weight excluding hydrogens is 569 g/mol. The number of nitrogens with one attached hydrogen (secondary N) is 1. The Morgan fingerprint density at radius 3 is 2.57 bits per heavy atom. The lowest BCUT2D eigenvalue weighted by Gasteiger charge is -2.32. The van der Waals surface area contributed by atoms with Gasteiger partial charge in [-0.25, -0.2) is 15.0 Å². The second kappa shape index (κ2) is 11.6. The zero-order valence-corrected chi connectivity index (χ0v) is 22.8. The van der Waals surface area contributed by atoms with E-state index in [2.05, 4.69) is 15.3 Å². The van der Waals surface area contributed by atoms with E-state index in [1.165, 1.54) is 23.7 Å². The van der Waals surface area contributed by atoms with Crippen LogP contribution in [0.25, 0.3) is 16.8 Å². The van der Waals surface area contributed by atoms with Crippen LogP contribution in [-0.4, -0.2) is 54.5 Å². The largest absolute Gasteiger partial charge is 0.416 e. The lowest BCUT2D eigenvalue weighted by atomic mass is 9.96. The van der Waals surface area contributed by atoms with Crippen LogP contribution in [0.2, 0.25) is 0 Å². The highest BCUT2D eigenvalue weighted by atomic mass is 32.1. The second-order valence-electron chi connectivity index (χ2n) is 9.64. The first-order valence-corrected chi connectivity index (χ1v) is 13.3. The summed E-state index contributed by atoms with van der Waals surface area (Å²) in [6.45, 7) is 0.970. The molecule has 1 saturated heterocycles. The summed E-state index contributed by atoms with van der Waals surface area (Å²) in [4.78, 5) is 40.3. The Labute approximate surface area is 243 Å². The third-order valence-corrected chi connectivity index (χ3v) is 7.24. The standard InChI is InChI=1S/C28H25F3N8O2S/c29-28(30,31)20-7-8-34-21(12-20)36-26(40)17-5-3-16(4-6-17)22-23-24(33)35-9-11-39(23)25(37-22)18-2-1-10-38(14-18)27(41)19(13-32)15-42/h3-9,11-13,15,18H,1-2,10,14,32H2,(H2,33,35)(H,34,36,40)/t18-/m1/s1. The summed E-state index contributed by atoms with van der Waals surface area (Å²) in [5, 5.41) is 3.66. The molecule has 5 rings (SSSR count). The van der Waals surface area contributed by atoms with Gasteiger partial charge in [-0.2, -0.15) is 13.2 Å². The van der Waals surface area contributed by atoms with Crippen molar-refractivity contribution in [3.05, 3.63) is 83.7 Å². The SMILES string of the molecule is NC=C(C=S)C(=O)N1CCC[C@@H](c2nc(-c3ccc(C(=O)Nc4cc(C(F)(F)F)ccn4)cc3)c3c(N)nccn23)C1. The first-order chi connectivity index (χ1) is 20.1. The van der Waals surface area contributed by atoms with Gasteiger partial charge in [0.05, 0.1) is 11.1 Å². The van der Waals surface area contributed by atoms with E-state index in [1.807, 2.05) is 4.40 Å². The van der Waals surface area contributed by atoms with Crippen LogP contribution < -0.4 is 16.8 Å². The summed E-state index contributed by atoms with van der Waals surface area (Å²) in [6, 6.07) is 7.99. The normalized spacial score (nSPS) is 15.9. The van der Waals surface area contributed by atoms with E-state index in [0.717, 1.165) is 31.2 Å². The van der Waals surface area contributed by atoms with Gasteiger partial charge in [-0.1, -0.05) is 24.4 Å². The molecule has 1 aromatic carbocycles. The minimum absolute atomic E-state index is 0.111. The fraction of sp³-hybridized carbons (Fsp3) is 0.214. The van der Waals surface area contributed by atoms with Gasteiger partial charge in [-0.05, 0) is 37.1 Å². The number of anilines is 2. The number of alkyl halides is 3. The van der Waals surface area contributed by atoms with Gasteiger partial charge in [0, 0.05) is 60.3 Å². The zero-order valence-electron chi connectivity index (χ0n) is 22.0. The van der Waals surface area contributed by atoms with E-state index < -0.39 is 17.6 Å². The number of carbonyl (C=O) groups is 2. The molecule has 0 unspecified atom stereocenters. The average Bonchev–Trinajstić information content (AvgIpc) is 3.39. The molecule has 4 aromatic rings. The molecule has 1 aliphatic rings. The van der Waals surface area contributed by atoms with Crippen LogP contribution in [-0.2, 0) is 11.0 Å². The minimum atomic E-state index is -4.56. The zero-order chi connectivity index (χ0) is 30.0. The molecule has 0 spiro atoms. The number of fused-ring (bicyclic) bond motifs is 1. The number of halogens is 3. The number of imidazole rings is 1. The maximum Gasteiger partial charge on any atom is 0.416 e. The predicted octanol–water partition coefficient (Wildman–Crippen LogP) is 4.19. The van der Waals surface area contributed by atoms with Crippen molar-refractivity contribution >= 4 is 46.6 Å². The Morgan fingerprint density at radius 2 is 1.88 bits per heavy atom. The molecule has 42 heavy (non-hydrogen) atoms. The molecule has 10 nitrogen and oxygen atoms in total.